The van der Waals surface area contributed by atoms with Gasteiger partial charge in [-0.25, -0.2) is 4.79 Å². The highest BCUT2D eigenvalue weighted by Gasteiger charge is 2.31. The first-order valence-electron chi connectivity index (χ1n) is 9.39. The second kappa shape index (κ2) is 13.4. The van der Waals surface area contributed by atoms with Gasteiger partial charge in [-0.3, -0.25) is 4.79 Å². The molecule has 2 rings (SSSR count). The first-order chi connectivity index (χ1) is 14.9. The van der Waals surface area contributed by atoms with Crippen molar-refractivity contribution < 1.29 is 28.7 Å². The fourth-order valence-electron chi connectivity index (χ4n) is 2.98. The van der Waals surface area contributed by atoms with Crippen LogP contribution in [0.1, 0.15) is 25.8 Å². The minimum Gasteiger partial charge on any atom is -0.469 e. The number of para-hydroxylation sites is 2. The van der Waals surface area contributed by atoms with Crippen LogP contribution in [0.2, 0.25) is 10.0 Å². The molecule has 2 aromatic carbocycles. The number of hydrogen-bond donors (Lipinski definition) is 0. The summed E-state index contributed by atoms with van der Waals surface area (Å²) in [5.74, 6) is -0.782. The molecule has 2 aromatic rings. The van der Waals surface area contributed by atoms with Crippen LogP contribution in [0.3, 0.4) is 0 Å². The molecule has 0 bridgehead atoms. The topological polar surface area (TPSA) is 90.0 Å². The number of carbonyl (C=O) groups excluding carboxylic acids is 4. The Morgan fingerprint density at radius 2 is 1.61 bits per heavy atom. The molecule has 0 fully saturated rings. The second-order valence-corrected chi connectivity index (χ2v) is 6.90. The van der Waals surface area contributed by atoms with Crippen LogP contribution in [0, 0.1) is 0 Å². The highest BCUT2D eigenvalue weighted by atomic mass is 35.5. The molecule has 0 spiro atoms. The number of nitrogens with zero attached hydrogens (tertiary/aromatic N) is 1. The lowest BCUT2D eigenvalue weighted by Gasteiger charge is -2.34. The number of esters is 2. The standard InChI is InChI=1S/C21H23Cl2NO4.CO2/c1-4-17(21(26)28-5-2)24(20-15(22)10-8-11-16(20)23)18-12-7-6-9-14(18)13-19(25)27-3;2-1-3/h6-12,17H,4-5,13H2,1-3H3;. The summed E-state index contributed by atoms with van der Waals surface area (Å²) in [5.41, 5.74) is 1.82. The van der Waals surface area contributed by atoms with Crippen LogP contribution in [0.4, 0.5) is 11.4 Å². The van der Waals surface area contributed by atoms with Crippen LogP contribution in [0.5, 0.6) is 0 Å². The van der Waals surface area contributed by atoms with Crippen molar-refractivity contribution in [2.75, 3.05) is 18.6 Å². The van der Waals surface area contributed by atoms with E-state index in [1.54, 1.807) is 30.0 Å². The number of benzene rings is 2. The minimum atomic E-state index is -0.670. The van der Waals surface area contributed by atoms with Gasteiger partial charge in [-0.2, -0.15) is 9.59 Å². The van der Waals surface area contributed by atoms with Crippen molar-refractivity contribution >= 4 is 52.7 Å². The van der Waals surface area contributed by atoms with Gasteiger partial charge in [-0.05, 0) is 37.1 Å². The predicted octanol–water partition coefficient (Wildman–Crippen LogP) is 4.61. The molecule has 1 unspecified atom stereocenters. The minimum absolute atomic E-state index is 0.0461. The molecule has 0 saturated carbocycles. The maximum atomic E-state index is 12.7. The largest absolute Gasteiger partial charge is 0.469 e. The van der Waals surface area contributed by atoms with Crippen LogP contribution < -0.4 is 4.90 Å². The molecule has 0 aliphatic carbocycles. The fraction of sp³-hybridized carbons (Fsp3) is 0.318. The Balaban J connectivity index is 0.00000151. The number of rotatable bonds is 8. The van der Waals surface area contributed by atoms with E-state index in [-0.39, 0.29) is 25.1 Å². The summed E-state index contributed by atoms with van der Waals surface area (Å²) < 4.78 is 10.1. The number of ether oxygens (including phenoxy) is 2. The maximum absolute atomic E-state index is 12.7. The average Bonchev–Trinajstić information content (AvgIpc) is 2.74. The molecule has 0 aliphatic heterocycles. The summed E-state index contributed by atoms with van der Waals surface area (Å²) in [6, 6.07) is 11.7. The Hall–Kier alpha value is -2.86. The van der Waals surface area contributed by atoms with E-state index < -0.39 is 12.0 Å². The lowest BCUT2D eigenvalue weighted by atomic mass is 10.0. The number of methoxy groups -OCH3 is 1. The van der Waals surface area contributed by atoms with E-state index in [1.165, 1.54) is 7.11 Å². The number of carbonyl (C=O) groups is 2. The molecular weight excluding hydrogens is 445 g/mol. The third kappa shape index (κ3) is 7.10. The van der Waals surface area contributed by atoms with E-state index in [1.807, 2.05) is 31.2 Å². The molecule has 0 aromatic heterocycles. The normalized spacial score (nSPS) is 10.7. The lowest BCUT2D eigenvalue weighted by Crippen LogP contribution is -2.40. The van der Waals surface area contributed by atoms with E-state index in [0.29, 0.717) is 33.4 Å². The van der Waals surface area contributed by atoms with Crippen molar-refractivity contribution in [1.29, 1.82) is 0 Å². The number of halogens is 2. The number of anilines is 2. The van der Waals surface area contributed by atoms with E-state index in [2.05, 4.69) is 0 Å². The molecule has 7 nitrogen and oxygen atoms in total. The van der Waals surface area contributed by atoms with Gasteiger partial charge >= 0.3 is 18.1 Å². The van der Waals surface area contributed by atoms with E-state index >= 15 is 0 Å². The van der Waals surface area contributed by atoms with Crippen molar-refractivity contribution in [2.45, 2.75) is 32.7 Å². The van der Waals surface area contributed by atoms with Crippen LogP contribution in [-0.2, 0) is 35.1 Å². The van der Waals surface area contributed by atoms with Gasteiger partial charge in [0.05, 0.1) is 35.9 Å². The summed E-state index contributed by atoms with van der Waals surface area (Å²) in [6.45, 7) is 3.88. The second-order valence-electron chi connectivity index (χ2n) is 6.08. The zero-order valence-corrected chi connectivity index (χ0v) is 18.9. The third-order valence-corrected chi connectivity index (χ3v) is 4.86. The first-order valence-corrected chi connectivity index (χ1v) is 10.2. The molecule has 31 heavy (non-hydrogen) atoms. The smallest absolute Gasteiger partial charge is 0.373 e. The van der Waals surface area contributed by atoms with Gasteiger partial charge in [0.25, 0.3) is 0 Å². The third-order valence-electron chi connectivity index (χ3n) is 4.25. The van der Waals surface area contributed by atoms with Crippen molar-refractivity contribution in [3.8, 4) is 0 Å². The molecule has 0 N–H and O–H groups in total. The molecule has 0 heterocycles. The lowest BCUT2D eigenvalue weighted by molar-refractivity contribution is -0.191. The molecule has 166 valence electrons. The summed E-state index contributed by atoms with van der Waals surface area (Å²) in [5, 5.41) is 0.784. The average molecular weight is 468 g/mol. The summed E-state index contributed by atoms with van der Waals surface area (Å²) in [7, 11) is 1.33. The molecule has 0 amide bonds. The van der Waals surface area contributed by atoms with Crippen LogP contribution in [0.25, 0.3) is 0 Å². The maximum Gasteiger partial charge on any atom is 0.373 e. The van der Waals surface area contributed by atoms with Gasteiger partial charge in [0.15, 0.2) is 0 Å². The fourth-order valence-corrected chi connectivity index (χ4v) is 3.56. The van der Waals surface area contributed by atoms with E-state index in [0.717, 1.165) is 0 Å². The van der Waals surface area contributed by atoms with Crippen LogP contribution in [0.15, 0.2) is 42.5 Å². The molecular formula is C22H23Cl2NO6. The Morgan fingerprint density at radius 3 is 2.13 bits per heavy atom. The summed E-state index contributed by atoms with van der Waals surface area (Å²) in [6.07, 6.45) is 0.747. The predicted molar refractivity (Wildman–Crippen MR) is 116 cm³/mol. The van der Waals surface area contributed by atoms with Crippen molar-refractivity contribution in [2.24, 2.45) is 0 Å². The van der Waals surface area contributed by atoms with Crippen LogP contribution >= 0.6 is 23.2 Å². The molecule has 1 atom stereocenters. The van der Waals surface area contributed by atoms with Gasteiger partial charge in [-0.1, -0.05) is 54.4 Å². The quantitative estimate of drug-likeness (QED) is 0.523. The van der Waals surface area contributed by atoms with E-state index in [9.17, 15) is 9.59 Å². The van der Waals surface area contributed by atoms with Crippen molar-refractivity contribution in [3.63, 3.8) is 0 Å². The highest BCUT2D eigenvalue weighted by molar-refractivity contribution is 6.39. The molecule has 0 aliphatic rings. The van der Waals surface area contributed by atoms with Gasteiger partial charge in [0.1, 0.15) is 6.04 Å². The van der Waals surface area contributed by atoms with E-state index in [4.69, 9.17) is 42.3 Å². The molecule has 0 radical (unpaired) electrons. The Bertz CT molecular complexity index is 908. The van der Waals surface area contributed by atoms with Crippen molar-refractivity contribution in [1.82, 2.24) is 0 Å². The summed E-state index contributed by atoms with van der Waals surface area (Å²) >= 11 is 12.9. The first kappa shape index (κ1) is 26.2. The number of hydrogen-bond acceptors (Lipinski definition) is 7. The zero-order chi connectivity index (χ0) is 23.4. The highest BCUT2D eigenvalue weighted by Crippen LogP contribution is 2.41. The SMILES string of the molecule is CCOC(=O)C(CC)N(c1ccccc1CC(=O)OC)c1c(Cl)cccc1Cl.O=C=O. The summed E-state index contributed by atoms with van der Waals surface area (Å²) in [4.78, 5) is 42.7. The van der Waals surface area contributed by atoms with Gasteiger partial charge < -0.3 is 14.4 Å². The van der Waals surface area contributed by atoms with Crippen molar-refractivity contribution in [3.05, 3.63) is 58.1 Å². The van der Waals surface area contributed by atoms with Gasteiger partial charge in [-0.15, -0.1) is 0 Å². The monoisotopic (exact) mass is 467 g/mol. The Kier molecular flexibility index (Phi) is 11.4. The Morgan fingerprint density at radius 1 is 1.03 bits per heavy atom. The zero-order valence-electron chi connectivity index (χ0n) is 17.4. The Labute approximate surface area is 190 Å². The molecule has 9 heteroatoms. The molecule has 0 saturated heterocycles. The van der Waals surface area contributed by atoms with Crippen LogP contribution in [-0.4, -0.2) is 37.8 Å². The van der Waals surface area contributed by atoms with Gasteiger partial charge in [0, 0.05) is 5.69 Å². The van der Waals surface area contributed by atoms with Gasteiger partial charge in [0.2, 0.25) is 0 Å².